The number of nitrogens with zero attached hydrogens (tertiary/aromatic N) is 1. The van der Waals surface area contributed by atoms with Gasteiger partial charge in [-0.3, -0.25) is 0 Å². The predicted octanol–water partition coefficient (Wildman–Crippen LogP) is 3.01. The molecule has 0 N–H and O–H groups in total. The van der Waals surface area contributed by atoms with Crippen molar-refractivity contribution in [3.63, 3.8) is 0 Å². The van der Waals surface area contributed by atoms with Crippen molar-refractivity contribution in [3.05, 3.63) is 47.7 Å². The molecule has 0 fully saturated rings. The first-order chi connectivity index (χ1) is 11.8. The van der Waals surface area contributed by atoms with E-state index in [0.717, 1.165) is 43.2 Å². The van der Waals surface area contributed by atoms with Gasteiger partial charge in [-0.05, 0) is 34.7 Å². The number of aryl methyl sites for hydroxylation is 2. The van der Waals surface area contributed by atoms with Gasteiger partial charge in [0.15, 0.2) is 24.2 Å². The molecule has 4 heteroatoms. The first kappa shape index (κ1) is 12.6. The van der Waals surface area contributed by atoms with Gasteiger partial charge in [0.2, 0.25) is 12.5 Å². The van der Waals surface area contributed by atoms with Gasteiger partial charge in [0.1, 0.15) is 5.75 Å². The first-order valence-electron chi connectivity index (χ1n) is 8.41. The summed E-state index contributed by atoms with van der Waals surface area (Å²) in [6.07, 6.45) is 4.32. The van der Waals surface area contributed by atoms with E-state index in [2.05, 4.69) is 41.1 Å². The van der Waals surface area contributed by atoms with E-state index in [4.69, 9.17) is 14.2 Å². The summed E-state index contributed by atoms with van der Waals surface area (Å²) in [5.41, 5.74) is 5.33. The normalized spacial score (nSPS) is 16.5. The van der Waals surface area contributed by atoms with Gasteiger partial charge in [-0.25, -0.2) is 0 Å². The maximum atomic E-state index is 5.78. The largest absolute Gasteiger partial charge is 0.493 e. The molecule has 1 aromatic heterocycles. The fourth-order valence-electron chi connectivity index (χ4n) is 4.06. The fraction of sp³-hybridized carbons (Fsp3) is 0.250. The van der Waals surface area contributed by atoms with Crippen molar-refractivity contribution in [3.8, 4) is 28.5 Å². The summed E-state index contributed by atoms with van der Waals surface area (Å²) in [7, 11) is 0. The van der Waals surface area contributed by atoms with Crippen molar-refractivity contribution >= 4 is 10.8 Å². The van der Waals surface area contributed by atoms with Gasteiger partial charge in [0.05, 0.1) is 12.2 Å². The minimum absolute atomic E-state index is 0.310. The van der Waals surface area contributed by atoms with Gasteiger partial charge < -0.3 is 14.2 Å². The Hall–Kier alpha value is -2.75. The Kier molecular flexibility index (Phi) is 2.32. The molecule has 3 aliphatic rings. The van der Waals surface area contributed by atoms with E-state index in [0.29, 0.717) is 6.79 Å². The van der Waals surface area contributed by atoms with Crippen molar-refractivity contribution in [2.24, 2.45) is 0 Å². The van der Waals surface area contributed by atoms with Crippen molar-refractivity contribution in [2.45, 2.75) is 19.4 Å². The van der Waals surface area contributed by atoms with Crippen molar-refractivity contribution < 1.29 is 18.8 Å². The third-order valence-electron chi connectivity index (χ3n) is 5.29. The molecular weight excluding hydrogens is 302 g/mol. The molecule has 3 aliphatic heterocycles. The lowest BCUT2D eigenvalue weighted by atomic mass is 9.93. The molecule has 4 nitrogen and oxygen atoms in total. The molecule has 0 amide bonds. The molecule has 0 unspecified atom stereocenters. The molecule has 0 aliphatic carbocycles. The third kappa shape index (κ3) is 1.65. The fourth-order valence-corrected chi connectivity index (χ4v) is 4.06. The molecule has 0 saturated carbocycles. The number of pyridine rings is 1. The van der Waals surface area contributed by atoms with Crippen LogP contribution < -0.4 is 18.8 Å². The molecule has 4 heterocycles. The highest BCUT2D eigenvalue weighted by molar-refractivity contribution is 5.88. The Balaban J connectivity index is 1.60. The van der Waals surface area contributed by atoms with E-state index < -0.39 is 0 Å². The van der Waals surface area contributed by atoms with Crippen LogP contribution in [0.3, 0.4) is 0 Å². The zero-order chi connectivity index (χ0) is 15.7. The zero-order valence-corrected chi connectivity index (χ0v) is 13.2. The predicted molar refractivity (Wildman–Crippen MR) is 88.6 cm³/mol. The van der Waals surface area contributed by atoms with E-state index in [1.54, 1.807) is 0 Å². The highest BCUT2D eigenvalue weighted by Gasteiger charge is 2.27. The van der Waals surface area contributed by atoms with Gasteiger partial charge in [0.25, 0.3) is 0 Å². The zero-order valence-electron chi connectivity index (χ0n) is 13.2. The summed E-state index contributed by atoms with van der Waals surface area (Å²) in [6.45, 7) is 2.12. The summed E-state index contributed by atoms with van der Waals surface area (Å²) in [5.74, 6) is 2.72. The molecule has 24 heavy (non-hydrogen) atoms. The second-order valence-electron chi connectivity index (χ2n) is 6.65. The minimum Gasteiger partial charge on any atom is -0.493 e. The standard InChI is InChI=1S/C20H16NO3/c1-3-21-10-15-8-20-19(23-11-24-20)7-14(15)6-17(21)16-9-18-13(2-4-22-18)5-12(1)16/h5-10H,1-4,11H2/q+1. The van der Waals surface area contributed by atoms with E-state index in [9.17, 15) is 0 Å². The maximum Gasteiger partial charge on any atom is 0.231 e. The lowest BCUT2D eigenvalue weighted by Gasteiger charge is -2.16. The van der Waals surface area contributed by atoms with Crippen molar-refractivity contribution in [1.82, 2.24) is 0 Å². The second kappa shape index (κ2) is 4.41. The molecule has 0 bridgehead atoms. The molecule has 118 valence electrons. The van der Waals surface area contributed by atoms with Crippen LogP contribution >= 0.6 is 0 Å². The topological polar surface area (TPSA) is 31.6 Å². The van der Waals surface area contributed by atoms with Gasteiger partial charge in [-0.15, -0.1) is 0 Å². The molecule has 0 radical (unpaired) electrons. The average Bonchev–Trinajstić information content (AvgIpc) is 3.24. The Labute approximate surface area is 139 Å². The number of rotatable bonds is 0. The molecule has 0 saturated heterocycles. The van der Waals surface area contributed by atoms with Crippen LogP contribution in [0, 0.1) is 0 Å². The third-order valence-corrected chi connectivity index (χ3v) is 5.29. The second-order valence-corrected chi connectivity index (χ2v) is 6.65. The van der Waals surface area contributed by atoms with E-state index in [1.807, 2.05) is 0 Å². The monoisotopic (exact) mass is 318 g/mol. The first-order valence-corrected chi connectivity index (χ1v) is 8.41. The number of aromatic nitrogens is 1. The van der Waals surface area contributed by atoms with E-state index in [-0.39, 0.29) is 0 Å². The SMILES string of the molecule is c1c2c(cc3c1CC[n+]1cc4cc5c(cc4cc1-3)OCO5)OCC2. The van der Waals surface area contributed by atoms with Crippen LogP contribution in [-0.2, 0) is 19.4 Å². The lowest BCUT2D eigenvalue weighted by molar-refractivity contribution is -0.686. The van der Waals surface area contributed by atoms with Crippen LogP contribution in [0.1, 0.15) is 11.1 Å². The van der Waals surface area contributed by atoms with Crippen LogP contribution in [0.5, 0.6) is 17.2 Å². The maximum absolute atomic E-state index is 5.78. The quantitative estimate of drug-likeness (QED) is 0.597. The Bertz CT molecular complexity index is 1030. The molecular formula is C20H16NO3+. The van der Waals surface area contributed by atoms with E-state index in [1.165, 1.54) is 33.2 Å². The van der Waals surface area contributed by atoms with Gasteiger partial charge >= 0.3 is 0 Å². The van der Waals surface area contributed by atoms with Crippen LogP contribution in [0.2, 0.25) is 0 Å². The lowest BCUT2D eigenvalue weighted by Crippen LogP contribution is -2.40. The molecule has 2 aromatic carbocycles. The van der Waals surface area contributed by atoms with Gasteiger partial charge in [0, 0.05) is 24.3 Å². The van der Waals surface area contributed by atoms with Crippen molar-refractivity contribution in [1.29, 1.82) is 0 Å². The van der Waals surface area contributed by atoms with Crippen LogP contribution in [0.25, 0.3) is 22.0 Å². The van der Waals surface area contributed by atoms with Crippen LogP contribution in [0.15, 0.2) is 36.5 Å². The molecule has 3 aromatic rings. The Morgan fingerprint density at radius 2 is 1.62 bits per heavy atom. The van der Waals surface area contributed by atoms with Gasteiger partial charge in [-0.2, -0.15) is 4.57 Å². The smallest absolute Gasteiger partial charge is 0.231 e. The Morgan fingerprint density at radius 1 is 0.750 bits per heavy atom. The average molecular weight is 318 g/mol. The number of hydrogen-bond acceptors (Lipinski definition) is 3. The molecule has 0 atom stereocenters. The number of ether oxygens (including phenoxy) is 3. The number of benzene rings is 2. The summed E-state index contributed by atoms with van der Waals surface area (Å²) in [6, 6.07) is 11.0. The van der Waals surface area contributed by atoms with Crippen LogP contribution in [-0.4, -0.2) is 13.4 Å². The highest BCUT2D eigenvalue weighted by atomic mass is 16.7. The van der Waals surface area contributed by atoms with Crippen molar-refractivity contribution in [2.75, 3.05) is 13.4 Å². The molecule has 0 spiro atoms. The number of fused-ring (bicyclic) bond motifs is 6. The molecule has 6 rings (SSSR count). The summed E-state index contributed by atoms with van der Waals surface area (Å²) >= 11 is 0. The van der Waals surface area contributed by atoms with Gasteiger partial charge in [-0.1, -0.05) is 6.07 Å². The summed E-state index contributed by atoms with van der Waals surface area (Å²) in [4.78, 5) is 0. The summed E-state index contributed by atoms with van der Waals surface area (Å²) < 4.78 is 19.2. The summed E-state index contributed by atoms with van der Waals surface area (Å²) in [5, 5.41) is 2.36. The minimum atomic E-state index is 0.310. The number of hydrogen-bond donors (Lipinski definition) is 0. The van der Waals surface area contributed by atoms with E-state index >= 15 is 0 Å². The Morgan fingerprint density at radius 3 is 2.54 bits per heavy atom. The highest BCUT2D eigenvalue weighted by Crippen LogP contribution is 2.39. The van der Waals surface area contributed by atoms with Crippen LogP contribution in [0.4, 0.5) is 0 Å².